The molecule has 0 saturated heterocycles. The monoisotopic (exact) mass is 301 g/mol. The molecule has 0 aliphatic rings. The van der Waals surface area contributed by atoms with Gasteiger partial charge in [-0.25, -0.2) is 0 Å². The molecule has 0 spiro atoms. The van der Waals surface area contributed by atoms with Crippen LogP contribution in [-0.2, 0) is 0 Å². The molecule has 7 heteroatoms. The van der Waals surface area contributed by atoms with Crippen LogP contribution in [0.4, 0.5) is 0 Å². The Labute approximate surface area is 119 Å². The molecule has 0 radical (unpaired) electrons. The van der Waals surface area contributed by atoms with Gasteiger partial charge < -0.3 is 18.9 Å². The number of benzene rings is 1. The van der Waals surface area contributed by atoms with Gasteiger partial charge in [0.1, 0.15) is 10.9 Å². The van der Waals surface area contributed by atoms with Crippen LogP contribution in [0.1, 0.15) is 0 Å². The van der Waals surface area contributed by atoms with Crippen LogP contribution in [0, 0.1) is 0 Å². The van der Waals surface area contributed by atoms with Crippen molar-refractivity contribution >= 4 is 22.9 Å². The van der Waals surface area contributed by atoms with Crippen molar-refractivity contribution in [2.24, 2.45) is 0 Å². The molecule has 1 aromatic carbocycles. The summed E-state index contributed by atoms with van der Waals surface area (Å²) in [5, 5.41) is 2.53. The third kappa shape index (κ3) is 3.02. The van der Waals surface area contributed by atoms with E-state index in [-0.39, 0.29) is 0 Å². The standard InChI is InChI=1S/C12H12ClNO4S/c1-15-8-4-7(5-9(16-2)11(8)17-3)18-12-14-10(13)6-19-12/h4-6H,1-3H3. The van der Waals surface area contributed by atoms with Crippen LogP contribution in [0.25, 0.3) is 0 Å². The normalized spacial score (nSPS) is 10.1. The van der Waals surface area contributed by atoms with Crippen molar-refractivity contribution in [3.05, 3.63) is 22.7 Å². The first-order valence-corrected chi connectivity index (χ1v) is 6.52. The summed E-state index contributed by atoms with van der Waals surface area (Å²) in [7, 11) is 4.63. The van der Waals surface area contributed by atoms with Gasteiger partial charge in [0.05, 0.1) is 21.3 Å². The van der Waals surface area contributed by atoms with Crippen molar-refractivity contribution in [2.45, 2.75) is 0 Å². The Morgan fingerprint density at radius 1 is 1.05 bits per heavy atom. The molecule has 1 heterocycles. The summed E-state index contributed by atoms with van der Waals surface area (Å²) in [6.07, 6.45) is 0. The predicted molar refractivity (Wildman–Crippen MR) is 73.3 cm³/mol. The van der Waals surface area contributed by atoms with Crippen LogP contribution in [-0.4, -0.2) is 26.3 Å². The summed E-state index contributed by atoms with van der Waals surface area (Å²) in [4.78, 5) is 4.01. The molecule has 0 unspecified atom stereocenters. The molecule has 0 amide bonds. The van der Waals surface area contributed by atoms with E-state index < -0.39 is 0 Å². The first-order chi connectivity index (χ1) is 9.17. The average molecular weight is 302 g/mol. The van der Waals surface area contributed by atoms with Crippen molar-refractivity contribution < 1.29 is 18.9 Å². The maximum atomic E-state index is 5.74. The van der Waals surface area contributed by atoms with Crippen LogP contribution < -0.4 is 18.9 Å². The molecule has 19 heavy (non-hydrogen) atoms. The van der Waals surface area contributed by atoms with E-state index in [1.54, 1.807) is 38.8 Å². The number of thiazole rings is 1. The second kappa shape index (κ2) is 5.99. The van der Waals surface area contributed by atoms with Gasteiger partial charge in [0.25, 0.3) is 5.19 Å². The molecule has 2 aromatic rings. The summed E-state index contributed by atoms with van der Waals surface area (Å²) in [6.45, 7) is 0. The molecule has 5 nitrogen and oxygen atoms in total. The third-order valence-corrected chi connectivity index (χ3v) is 3.34. The van der Waals surface area contributed by atoms with Crippen molar-refractivity contribution in [2.75, 3.05) is 21.3 Å². The Bertz CT molecular complexity index is 548. The van der Waals surface area contributed by atoms with E-state index in [9.17, 15) is 0 Å². The number of methoxy groups -OCH3 is 3. The zero-order valence-corrected chi connectivity index (χ0v) is 12.2. The van der Waals surface area contributed by atoms with E-state index in [1.807, 2.05) is 0 Å². The van der Waals surface area contributed by atoms with Gasteiger partial charge in [0.15, 0.2) is 11.5 Å². The Morgan fingerprint density at radius 3 is 2.11 bits per heavy atom. The maximum Gasteiger partial charge on any atom is 0.280 e. The second-order valence-electron chi connectivity index (χ2n) is 3.40. The summed E-state index contributed by atoms with van der Waals surface area (Å²) in [6, 6.07) is 3.38. The topological polar surface area (TPSA) is 49.8 Å². The lowest BCUT2D eigenvalue weighted by Crippen LogP contribution is -1.96. The van der Waals surface area contributed by atoms with Gasteiger partial charge in [0.2, 0.25) is 5.75 Å². The zero-order valence-electron chi connectivity index (χ0n) is 10.6. The minimum Gasteiger partial charge on any atom is -0.493 e. The number of hydrogen-bond donors (Lipinski definition) is 0. The van der Waals surface area contributed by atoms with Gasteiger partial charge in [-0.2, -0.15) is 4.98 Å². The molecular weight excluding hydrogens is 290 g/mol. The highest BCUT2D eigenvalue weighted by Gasteiger charge is 2.15. The van der Waals surface area contributed by atoms with E-state index >= 15 is 0 Å². The van der Waals surface area contributed by atoms with Crippen LogP contribution in [0.5, 0.6) is 28.2 Å². The molecular formula is C12H12ClNO4S. The lowest BCUT2D eigenvalue weighted by molar-refractivity contribution is 0.321. The van der Waals surface area contributed by atoms with Gasteiger partial charge >= 0.3 is 0 Å². The SMILES string of the molecule is COc1cc(Oc2nc(Cl)cs2)cc(OC)c1OC. The van der Waals surface area contributed by atoms with E-state index in [0.717, 1.165) is 0 Å². The molecule has 2 rings (SSSR count). The Kier molecular flexibility index (Phi) is 4.34. The lowest BCUT2D eigenvalue weighted by atomic mass is 10.2. The van der Waals surface area contributed by atoms with Gasteiger partial charge in [0, 0.05) is 17.5 Å². The number of halogens is 1. The first kappa shape index (κ1) is 13.8. The molecule has 0 aliphatic heterocycles. The highest BCUT2D eigenvalue weighted by atomic mass is 35.5. The Balaban J connectivity index is 2.35. The van der Waals surface area contributed by atoms with Crippen molar-refractivity contribution in [1.82, 2.24) is 4.98 Å². The molecule has 0 fully saturated rings. The minimum atomic E-state index is 0.396. The van der Waals surface area contributed by atoms with Crippen molar-refractivity contribution in [3.8, 4) is 28.2 Å². The summed E-state index contributed by atoms with van der Waals surface area (Å²) in [5.41, 5.74) is 0. The summed E-state index contributed by atoms with van der Waals surface area (Å²) < 4.78 is 21.3. The maximum absolute atomic E-state index is 5.74. The van der Waals surface area contributed by atoms with Crippen LogP contribution in [0.2, 0.25) is 5.15 Å². The molecule has 0 saturated carbocycles. The predicted octanol–water partition coefficient (Wildman–Crippen LogP) is 3.61. The second-order valence-corrected chi connectivity index (χ2v) is 4.61. The fraction of sp³-hybridized carbons (Fsp3) is 0.250. The quantitative estimate of drug-likeness (QED) is 0.844. The van der Waals surface area contributed by atoms with E-state index in [4.69, 9.17) is 30.5 Å². The molecule has 0 bridgehead atoms. The van der Waals surface area contributed by atoms with Crippen LogP contribution in [0.3, 0.4) is 0 Å². The summed E-state index contributed by atoms with van der Waals surface area (Å²) in [5.74, 6) is 2.06. The van der Waals surface area contributed by atoms with E-state index in [1.165, 1.54) is 11.3 Å². The Hall–Kier alpha value is -1.66. The van der Waals surface area contributed by atoms with Gasteiger partial charge in [-0.05, 0) is 0 Å². The highest BCUT2D eigenvalue weighted by molar-refractivity contribution is 7.11. The minimum absolute atomic E-state index is 0.396. The number of hydrogen-bond acceptors (Lipinski definition) is 6. The van der Waals surface area contributed by atoms with E-state index in [2.05, 4.69) is 4.98 Å². The molecule has 0 atom stereocenters. The van der Waals surface area contributed by atoms with Gasteiger partial charge in [-0.3, -0.25) is 0 Å². The van der Waals surface area contributed by atoms with Crippen LogP contribution in [0.15, 0.2) is 17.5 Å². The van der Waals surface area contributed by atoms with Gasteiger partial charge in [-0.15, -0.1) is 0 Å². The molecule has 1 aromatic heterocycles. The van der Waals surface area contributed by atoms with Crippen LogP contribution >= 0.6 is 22.9 Å². The van der Waals surface area contributed by atoms with Crippen molar-refractivity contribution in [1.29, 1.82) is 0 Å². The van der Waals surface area contributed by atoms with Crippen molar-refractivity contribution in [3.63, 3.8) is 0 Å². The number of ether oxygens (including phenoxy) is 4. The van der Waals surface area contributed by atoms with Gasteiger partial charge in [-0.1, -0.05) is 22.9 Å². The Morgan fingerprint density at radius 2 is 1.68 bits per heavy atom. The molecule has 0 N–H and O–H groups in total. The highest BCUT2D eigenvalue weighted by Crippen LogP contribution is 2.42. The first-order valence-electron chi connectivity index (χ1n) is 5.26. The lowest BCUT2D eigenvalue weighted by Gasteiger charge is -2.13. The molecule has 0 aliphatic carbocycles. The fourth-order valence-corrected chi connectivity index (χ4v) is 2.31. The largest absolute Gasteiger partial charge is 0.493 e. The number of aromatic nitrogens is 1. The fourth-order valence-electron chi connectivity index (χ4n) is 1.50. The zero-order chi connectivity index (χ0) is 13.8. The van der Waals surface area contributed by atoms with E-state index in [0.29, 0.717) is 33.3 Å². The molecule has 102 valence electrons. The average Bonchev–Trinajstić information content (AvgIpc) is 2.82. The number of rotatable bonds is 5. The number of nitrogens with zero attached hydrogens (tertiary/aromatic N) is 1. The third-order valence-electron chi connectivity index (χ3n) is 2.30. The smallest absolute Gasteiger partial charge is 0.280 e. The summed E-state index contributed by atoms with van der Waals surface area (Å²) >= 11 is 7.04.